The number of piperidine rings is 1. The maximum Gasteiger partial charge on any atom is 0.123 e. The molecule has 1 aliphatic rings. The average molecular weight is 381 g/mol. The van der Waals surface area contributed by atoms with Crippen LogP contribution < -0.4 is 4.74 Å². The third-order valence-corrected chi connectivity index (χ3v) is 5.51. The van der Waals surface area contributed by atoms with Crippen molar-refractivity contribution in [1.29, 1.82) is 5.26 Å². The van der Waals surface area contributed by atoms with Gasteiger partial charge < -0.3 is 4.74 Å². The minimum absolute atomic E-state index is 0.156. The number of benzene rings is 2. The Labute approximate surface area is 167 Å². The lowest BCUT2D eigenvalue weighted by molar-refractivity contribution is 0.0835. The van der Waals surface area contributed by atoms with Gasteiger partial charge in [-0.05, 0) is 75.4 Å². The van der Waals surface area contributed by atoms with Crippen LogP contribution in [0.15, 0.2) is 48.5 Å². The Morgan fingerprint density at radius 1 is 1.21 bits per heavy atom. The highest BCUT2D eigenvalue weighted by Crippen LogP contribution is 2.38. The second-order valence-corrected chi connectivity index (χ2v) is 8.29. The summed E-state index contributed by atoms with van der Waals surface area (Å²) in [5, 5.41) is 9.91. The molecule has 1 aliphatic heterocycles. The summed E-state index contributed by atoms with van der Waals surface area (Å²) in [4.78, 5) is 2.43. The predicted molar refractivity (Wildman–Crippen MR) is 109 cm³/mol. The van der Waals surface area contributed by atoms with Crippen molar-refractivity contribution in [2.75, 3.05) is 6.54 Å². The van der Waals surface area contributed by atoms with E-state index in [2.05, 4.69) is 30.0 Å². The van der Waals surface area contributed by atoms with Gasteiger partial charge in [-0.1, -0.05) is 24.3 Å². The Bertz CT molecular complexity index is 844. The van der Waals surface area contributed by atoms with Gasteiger partial charge in [0.15, 0.2) is 0 Å². The van der Waals surface area contributed by atoms with E-state index in [1.165, 1.54) is 11.6 Å². The van der Waals surface area contributed by atoms with E-state index in [-0.39, 0.29) is 18.0 Å². The first-order chi connectivity index (χ1) is 13.4. The Morgan fingerprint density at radius 2 is 1.96 bits per heavy atom. The summed E-state index contributed by atoms with van der Waals surface area (Å²) in [6, 6.07) is 17.7. The van der Waals surface area contributed by atoms with E-state index in [0.29, 0.717) is 6.42 Å². The molecule has 0 unspecified atom stereocenters. The van der Waals surface area contributed by atoms with Crippen LogP contribution in [-0.2, 0) is 13.0 Å². The Balaban J connectivity index is 1.66. The zero-order chi connectivity index (χ0) is 20.1. The van der Waals surface area contributed by atoms with E-state index < -0.39 is 5.41 Å². The number of nitrogens with zero attached hydrogens (tertiary/aromatic N) is 2. The molecule has 1 heterocycles. The predicted octanol–water partition coefficient (Wildman–Crippen LogP) is 5.35. The molecule has 0 aromatic heterocycles. The van der Waals surface area contributed by atoms with Crippen molar-refractivity contribution in [1.82, 2.24) is 4.90 Å². The zero-order valence-electron chi connectivity index (χ0n) is 17.0. The van der Waals surface area contributed by atoms with Crippen molar-refractivity contribution in [2.24, 2.45) is 5.41 Å². The molecule has 3 nitrogen and oxygen atoms in total. The van der Waals surface area contributed by atoms with Gasteiger partial charge in [0.1, 0.15) is 11.6 Å². The number of hydrogen-bond donors (Lipinski definition) is 0. The third kappa shape index (κ3) is 5.11. The van der Waals surface area contributed by atoms with Crippen LogP contribution in [0.4, 0.5) is 4.39 Å². The highest BCUT2D eigenvalue weighted by Gasteiger charge is 2.38. The van der Waals surface area contributed by atoms with Crippen molar-refractivity contribution < 1.29 is 9.13 Å². The van der Waals surface area contributed by atoms with Crippen LogP contribution in [0.3, 0.4) is 0 Å². The second kappa shape index (κ2) is 8.75. The molecule has 0 spiro atoms. The van der Waals surface area contributed by atoms with Crippen LogP contribution in [-0.4, -0.2) is 23.6 Å². The lowest BCUT2D eigenvalue weighted by atomic mass is 9.72. The lowest BCUT2D eigenvalue weighted by Gasteiger charge is -2.42. The summed E-state index contributed by atoms with van der Waals surface area (Å²) in [6.07, 6.45) is 2.36. The molecule has 2 aromatic carbocycles. The molecule has 0 radical (unpaired) electrons. The minimum Gasteiger partial charge on any atom is -0.491 e. The van der Waals surface area contributed by atoms with Gasteiger partial charge in [-0.3, -0.25) is 4.90 Å². The smallest absolute Gasteiger partial charge is 0.123 e. The van der Waals surface area contributed by atoms with Crippen LogP contribution in [0.5, 0.6) is 5.75 Å². The number of nitriles is 1. The lowest BCUT2D eigenvalue weighted by Crippen LogP contribution is -2.45. The molecule has 1 fully saturated rings. The molecule has 0 saturated carbocycles. The summed E-state index contributed by atoms with van der Waals surface area (Å²) in [5.41, 5.74) is 1.70. The molecule has 0 aliphatic carbocycles. The fourth-order valence-corrected chi connectivity index (χ4v) is 4.17. The van der Waals surface area contributed by atoms with Gasteiger partial charge in [0.25, 0.3) is 0 Å². The third-order valence-electron chi connectivity index (χ3n) is 5.51. The number of hydrogen-bond acceptors (Lipinski definition) is 3. The number of rotatable bonds is 6. The summed E-state index contributed by atoms with van der Waals surface area (Å²) in [5.74, 6) is 0.661. The standard InChI is InChI=1S/C24H29FN2O/c1-18(2)28-23-9-5-7-21(13-23)16-27-11-10-24(17-26,14-19(27)3)15-20-6-4-8-22(25)12-20/h4-9,12-13,18-19H,10-11,14-16H2,1-3H3/t19-,24-/m0/s1. The van der Waals surface area contributed by atoms with Gasteiger partial charge in [0.05, 0.1) is 17.6 Å². The monoisotopic (exact) mass is 380 g/mol. The highest BCUT2D eigenvalue weighted by molar-refractivity contribution is 5.29. The highest BCUT2D eigenvalue weighted by atomic mass is 19.1. The van der Waals surface area contributed by atoms with E-state index in [4.69, 9.17) is 4.74 Å². The maximum atomic E-state index is 13.5. The minimum atomic E-state index is -0.424. The summed E-state index contributed by atoms with van der Waals surface area (Å²) in [7, 11) is 0. The van der Waals surface area contributed by atoms with Crippen molar-refractivity contribution in [3.05, 3.63) is 65.5 Å². The van der Waals surface area contributed by atoms with Gasteiger partial charge in [0, 0.05) is 19.1 Å². The maximum absolute atomic E-state index is 13.5. The molecule has 4 heteroatoms. The number of likely N-dealkylation sites (tertiary alicyclic amines) is 1. The first kappa shape index (κ1) is 20.4. The normalized spacial score (nSPS) is 22.8. The van der Waals surface area contributed by atoms with Gasteiger partial charge in [-0.2, -0.15) is 5.26 Å². The van der Waals surface area contributed by atoms with Gasteiger partial charge >= 0.3 is 0 Å². The van der Waals surface area contributed by atoms with Crippen LogP contribution in [0.2, 0.25) is 0 Å². The largest absolute Gasteiger partial charge is 0.491 e. The topological polar surface area (TPSA) is 36.3 Å². The van der Waals surface area contributed by atoms with Crippen LogP contribution in [0.1, 0.15) is 44.7 Å². The van der Waals surface area contributed by atoms with Crippen LogP contribution in [0.25, 0.3) is 0 Å². The van der Waals surface area contributed by atoms with Crippen molar-refractivity contribution in [3.63, 3.8) is 0 Å². The summed E-state index contributed by atoms with van der Waals surface area (Å²) >= 11 is 0. The fourth-order valence-electron chi connectivity index (χ4n) is 4.17. The first-order valence-corrected chi connectivity index (χ1v) is 10.0. The quantitative estimate of drug-likeness (QED) is 0.678. The Hall–Kier alpha value is -2.38. The summed E-state index contributed by atoms with van der Waals surface area (Å²) in [6.45, 7) is 7.95. The molecule has 1 saturated heterocycles. The zero-order valence-corrected chi connectivity index (χ0v) is 17.0. The van der Waals surface area contributed by atoms with Crippen LogP contribution in [0, 0.1) is 22.6 Å². The number of halogens is 1. The van der Waals surface area contributed by atoms with E-state index >= 15 is 0 Å². The molecule has 2 aromatic rings. The van der Waals surface area contributed by atoms with E-state index in [1.807, 2.05) is 32.0 Å². The number of ether oxygens (including phenoxy) is 1. The van der Waals surface area contributed by atoms with E-state index in [9.17, 15) is 9.65 Å². The van der Waals surface area contributed by atoms with Gasteiger partial charge in [-0.15, -0.1) is 0 Å². The molecule has 148 valence electrons. The molecular formula is C24H29FN2O. The van der Waals surface area contributed by atoms with E-state index in [1.54, 1.807) is 12.1 Å². The van der Waals surface area contributed by atoms with Crippen molar-refractivity contribution in [3.8, 4) is 11.8 Å². The molecule has 2 atom stereocenters. The van der Waals surface area contributed by atoms with Crippen molar-refractivity contribution >= 4 is 0 Å². The second-order valence-electron chi connectivity index (χ2n) is 8.29. The fraction of sp³-hybridized carbons (Fsp3) is 0.458. The Kier molecular flexibility index (Phi) is 6.36. The SMILES string of the molecule is CC(C)Oc1cccc(CN2CC[C@@](C#N)(Cc3cccc(F)c3)C[C@@H]2C)c1. The molecule has 28 heavy (non-hydrogen) atoms. The molecule has 0 amide bonds. The van der Waals surface area contributed by atoms with Crippen molar-refractivity contribution in [2.45, 2.75) is 58.7 Å². The van der Waals surface area contributed by atoms with Crippen LogP contribution >= 0.6 is 0 Å². The molecule has 0 N–H and O–H groups in total. The Morgan fingerprint density at radius 3 is 2.64 bits per heavy atom. The van der Waals surface area contributed by atoms with E-state index in [0.717, 1.165) is 37.2 Å². The average Bonchev–Trinajstić information content (AvgIpc) is 2.64. The summed E-state index contributed by atoms with van der Waals surface area (Å²) < 4.78 is 19.3. The molecular weight excluding hydrogens is 351 g/mol. The first-order valence-electron chi connectivity index (χ1n) is 10.0. The molecule has 3 rings (SSSR count). The van der Waals surface area contributed by atoms with Gasteiger partial charge in [0.2, 0.25) is 0 Å². The van der Waals surface area contributed by atoms with Gasteiger partial charge in [-0.25, -0.2) is 4.39 Å². The molecule has 0 bridgehead atoms.